The summed E-state index contributed by atoms with van der Waals surface area (Å²) in [5.41, 5.74) is 6.74. The minimum absolute atomic E-state index is 0.209. The molecule has 0 saturated heterocycles. The molecular formula is C25H20Cl2O3. The first-order valence-corrected chi connectivity index (χ1v) is 10.4. The number of benzene rings is 3. The molecule has 4 rings (SSSR count). The summed E-state index contributed by atoms with van der Waals surface area (Å²) in [5.74, 6) is -0.140. The molecule has 0 atom stereocenters. The van der Waals surface area contributed by atoms with Crippen LogP contribution in [0.1, 0.15) is 45.5 Å². The zero-order valence-electron chi connectivity index (χ0n) is 16.4. The summed E-state index contributed by atoms with van der Waals surface area (Å²) in [4.78, 5) is 12.0. The second-order valence-electron chi connectivity index (χ2n) is 7.24. The van der Waals surface area contributed by atoms with Gasteiger partial charge in [-0.15, -0.1) is 0 Å². The maximum absolute atomic E-state index is 12.0. The third kappa shape index (κ3) is 3.96. The number of carbonyl (C=O) groups excluding carboxylic acids is 1. The Morgan fingerprint density at radius 3 is 2.37 bits per heavy atom. The molecule has 3 nitrogen and oxygen atoms in total. The fraction of sp³-hybridized carbons (Fsp3) is 0.160. The molecule has 5 heteroatoms. The monoisotopic (exact) mass is 438 g/mol. The second kappa shape index (κ2) is 8.55. The molecule has 1 N–H and O–H groups in total. The lowest BCUT2D eigenvalue weighted by atomic mass is 9.87. The molecular weight excluding hydrogens is 419 g/mol. The second-order valence-corrected chi connectivity index (χ2v) is 8.09. The molecule has 0 aromatic heterocycles. The minimum atomic E-state index is -0.349. The maximum atomic E-state index is 12.0. The molecule has 0 saturated carbocycles. The van der Waals surface area contributed by atoms with Gasteiger partial charge < -0.3 is 9.84 Å². The fourth-order valence-electron chi connectivity index (χ4n) is 3.99. The summed E-state index contributed by atoms with van der Waals surface area (Å²) in [7, 11) is 1.39. The van der Waals surface area contributed by atoms with Crippen molar-refractivity contribution >= 4 is 40.3 Å². The van der Waals surface area contributed by atoms with Gasteiger partial charge in [0.15, 0.2) is 0 Å². The van der Waals surface area contributed by atoms with Gasteiger partial charge in [-0.05, 0) is 89.1 Å². The number of phenolic OH excluding ortho intramolecular Hbond substituents is 1. The van der Waals surface area contributed by atoms with Gasteiger partial charge in [-0.3, -0.25) is 0 Å². The van der Waals surface area contributed by atoms with Gasteiger partial charge in [-0.2, -0.15) is 0 Å². The Labute approximate surface area is 185 Å². The number of esters is 1. The van der Waals surface area contributed by atoms with Crippen LogP contribution in [0.15, 0.2) is 60.7 Å². The van der Waals surface area contributed by atoms with Crippen molar-refractivity contribution in [2.75, 3.05) is 7.11 Å². The zero-order chi connectivity index (χ0) is 21.3. The lowest BCUT2D eigenvalue weighted by molar-refractivity contribution is 0.0600. The molecule has 3 aromatic carbocycles. The van der Waals surface area contributed by atoms with E-state index < -0.39 is 0 Å². The largest absolute Gasteiger partial charge is 0.508 e. The fourth-order valence-corrected chi connectivity index (χ4v) is 4.52. The number of hydrogen-bond donors (Lipinski definition) is 1. The van der Waals surface area contributed by atoms with Crippen molar-refractivity contribution in [1.29, 1.82) is 0 Å². The van der Waals surface area contributed by atoms with Gasteiger partial charge in [0.25, 0.3) is 0 Å². The summed E-state index contributed by atoms with van der Waals surface area (Å²) >= 11 is 12.7. The van der Waals surface area contributed by atoms with Gasteiger partial charge in [-0.1, -0.05) is 47.5 Å². The van der Waals surface area contributed by atoms with E-state index in [2.05, 4.69) is 0 Å². The molecule has 0 heterocycles. The Morgan fingerprint density at radius 1 is 0.933 bits per heavy atom. The highest BCUT2D eigenvalue weighted by molar-refractivity contribution is 6.36. The van der Waals surface area contributed by atoms with Gasteiger partial charge >= 0.3 is 5.97 Å². The van der Waals surface area contributed by atoms with E-state index in [1.165, 1.54) is 7.11 Å². The number of phenols is 1. The van der Waals surface area contributed by atoms with E-state index in [1.807, 2.05) is 36.4 Å². The van der Waals surface area contributed by atoms with Crippen LogP contribution in [0.4, 0.5) is 0 Å². The molecule has 1 aliphatic rings. The van der Waals surface area contributed by atoms with Gasteiger partial charge in [0.05, 0.1) is 12.7 Å². The van der Waals surface area contributed by atoms with Crippen LogP contribution in [0.3, 0.4) is 0 Å². The van der Waals surface area contributed by atoms with Crippen molar-refractivity contribution in [2.24, 2.45) is 0 Å². The topological polar surface area (TPSA) is 46.5 Å². The van der Waals surface area contributed by atoms with E-state index in [4.69, 9.17) is 27.9 Å². The summed E-state index contributed by atoms with van der Waals surface area (Å²) < 4.78 is 4.89. The Bertz CT molecular complexity index is 1150. The van der Waals surface area contributed by atoms with Gasteiger partial charge in [0.1, 0.15) is 5.75 Å². The number of aryl methyl sites for hydroxylation is 1. The Morgan fingerprint density at radius 2 is 1.67 bits per heavy atom. The smallest absolute Gasteiger partial charge is 0.337 e. The van der Waals surface area contributed by atoms with Gasteiger partial charge in [-0.25, -0.2) is 4.79 Å². The molecule has 0 bridgehead atoms. The lowest BCUT2D eigenvalue weighted by Crippen LogP contribution is -2.04. The highest BCUT2D eigenvalue weighted by Gasteiger charge is 2.22. The van der Waals surface area contributed by atoms with Crippen LogP contribution < -0.4 is 0 Å². The van der Waals surface area contributed by atoms with Crippen molar-refractivity contribution in [1.82, 2.24) is 0 Å². The van der Waals surface area contributed by atoms with E-state index in [1.54, 1.807) is 24.3 Å². The minimum Gasteiger partial charge on any atom is -0.508 e. The Balaban J connectivity index is 1.99. The van der Waals surface area contributed by atoms with E-state index >= 15 is 0 Å². The van der Waals surface area contributed by atoms with Crippen LogP contribution in [0.2, 0.25) is 10.0 Å². The summed E-state index contributed by atoms with van der Waals surface area (Å²) in [6, 6.07) is 18.4. The van der Waals surface area contributed by atoms with Gasteiger partial charge in [0, 0.05) is 10.0 Å². The number of aromatic hydroxyl groups is 1. The SMILES string of the molecule is COC(=O)c1ccc2c(c1)CCCC(c1ccc(Cl)cc1Cl)=C2c1ccc(O)cc1. The van der Waals surface area contributed by atoms with Crippen molar-refractivity contribution in [3.8, 4) is 5.75 Å². The highest BCUT2D eigenvalue weighted by Crippen LogP contribution is 2.42. The van der Waals surface area contributed by atoms with Crippen LogP contribution in [-0.4, -0.2) is 18.2 Å². The van der Waals surface area contributed by atoms with Crippen LogP contribution in [0.25, 0.3) is 11.1 Å². The molecule has 152 valence electrons. The first-order valence-electron chi connectivity index (χ1n) is 9.67. The molecule has 1 aliphatic carbocycles. The molecule has 30 heavy (non-hydrogen) atoms. The van der Waals surface area contributed by atoms with Gasteiger partial charge in [0.2, 0.25) is 0 Å². The van der Waals surface area contributed by atoms with E-state index in [0.29, 0.717) is 15.6 Å². The maximum Gasteiger partial charge on any atom is 0.337 e. The molecule has 0 spiro atoms. The molecule has 3 aromatic rings. The average Bonchev–Trinajstić information content (AvgIpc) is 2.93. The number of hydrogen-bond acceptors (Lipinski definition) is 3. The molecule has 0 aliphatic heterocycles. The predicted molar refractivity (Wildman–Crippen MR) is 121 cm³/mol. The van der Waals surface area contributed by atoms with E-state index in [0.717, 1.165) is 52.7 Å². The normalized spacial score (nSPS) is 13.6. The molecule has 0 amide bonds. The van der Waals surface area contributed by atoms with Crippen LogP contribution in [-0.2, 0) is 11.2 Å². The highest BCUT2D eigenvalue weighted by atomic mass is 35.5. The van der Waals surface area contributed by atoms with Crippen molar-refractivity contribution in [2.45, 2.75) is 19.3 Å². The average molecular weight is 439 g/mol. The number of ether oxygens (including phenoxy) is 1. The first-order chi connectivity index (χ1) is 14.5. The number of methoxy groups -OCH3 is 1. The number of fused-ring (bicyclic) bond motifs is 1. The standard InChI is InChI=1S/C25H20Cl2O3/c1-30-25(29)17-7-11-20-16(13-17)3-2-4-22(21-12-8-18(26)14-23(21)27)24(20)15-5-9-19(28)10-6-15/h5-14,28H,2-4H2,1H3. The van der Waals surface area contributed by atoms with Crippen molar-refractivity contribution < 1.29 is 14.6 Å². The van der Waals surface area contributed by atoms with Crippen molar-refractivity contribution in [3.05, 3.63) is 98.5 Å². The quantitative estimate of drug-likeness (QED) is 0.458. The number of halogens is 2. The van der Waals surface area contributed by atoms with E-state index in [9.17, 15) is 9.90 Å². The summed E-state index contributed by atoms with van der Waals surface area (Å²) in [6.45, 7) is 0. The third-order valence-corrected chi connectivity index (χ3v) is 5.93. The Kier molecular flexibility index (Phi) is 5.85. The number of rotatable bonds is 3. The number of allylic oxidation sites excluding steroid dienone is 1. The number of carbonyl (C=O) groups is 1. The molecule has 0 radical (unpaired) electrons. The van der Waals surface area contributed by atoms with Crippen molar-refractivity contribution in [3.63, 3.8) is 0 Å². The first kappa shape index (κ1) is 20.5. The summed E-state index contributed by atoms with van der Waals surface area (Å²) in [6.07, 6.45) is 2.56. The molecule has 0 fully saturated rings. The summed E-state index contributed by atoms with van der Waals surface area (Å²) in [5, 5.41) is 11.0. The Hall–Kier alpha value is -2.75. The van der Waals surface area contributed by atoms with Crippen LogP contribution in [0, 0.1) is 0 Å². The molecule has 0 unspecified atom stereocenters. The van der Waals surface area contributed by atoms with E-state index in [-0.39, 0.29) is 11.7 Å². The van der Waals surface area contributed by atoms with Crippen LogP contribution >= 0.6 is 23.2 Å². The zero-order valence-corrected chi connectivity index (χ0v) is 17.9. The lowest BCUT2D eigenvalue weighted by Gasteiger charge is -2.18. The van der Waals surface area contributed by atoms with Crippen LogP contribution in [0.5, 0.6) is 5.75 Å². The predicted octanol–water partition coefficient (Wildman–Crippen LogP) is 6.78. The third-order valence-electron chi connectivity index (χ3n) is 5.38.